The predicted molar refractivity (Wildman–Crippen MR) is 170 cm³/mol. The van der Waals surface area contributed by atoms with E-state index >= 15 is 4.39 Å². The van der Waals surface area contributed by atoms with Gasteiger partial charge in [0.25, 0.3) is 0 Å². The van der Waals surface area contributed by atoms with Gasteiger partial charge in [-0.2, -0.15) is 9.97 Å². The molecule has 4 aliphatic rings. The Bertz CT molecular complexity index is 1950. The lowest BCUT2D eigenvalue weighted by atomic mass is 9.85. The third-order valence-corrected chi connectivity index (χ3v) is 10.8. The van der Waals surface area contributed by atoms with Gasteiger partial charge in [-0.3, -0.25) is 9.88 Å². The van der Waals surface area contributed by atoms with Gasteiger partial charge in [0.05, 0.1) is 23.1 Å². The number of aliphatic hydroxyl groups is 2. The highest BCUT2D eigenvalue weighted by Gasteiger charge is 2.60. The molecule has 47 heavy (non-hydrogen) atoms. The highest BCUT2D eigenvalue weighted by Crippen LogP contribution is 2.47. The van der Waals surface area contributed by atoms with Gasteiger partial charge < -0.3 is 29.7 Å². The Morgan fingerprint density at radius 1 is 1.00 bits per heavy atom. The summed E-state index contributed by atoms with van der Waals surface area (Å²) in [6, 6.07) is 4.96. The third kappa shape index (κ3) is 4.55. The number of terminal acetylenes is 1. The van der Waals surface area contributed by atoms with Gasteiger partial charge in [0.15, 0.2) is 5.82 Å². The number of hydrogen-bond acceptors (Lipinski definition) is 10. The van der Waals surface area contributed by atoms with Crippen LogP contribution in [-0.2, 0) is 4.74 Å². The smallest absolute Gasteiger partial charge is 0.343 e. The standard InChI is InChI=1S/C35H35F2N5O5/c1-2-23-26(36)8-7-21-17-22(43)18-24(27(21)23)29-28(37)30-25(19-38-29)31(42-15-4-3-9-33(42)12-16-46-20-33)40-32(39-30)47-35(44,45)34-10-5-13-41(34)14-6-11-34/h1,7-8,17-19,43-45H,3-6,9-16,20H2. The zero-order valence-corrected chi connectivity index (χ0v) is 25.8. The number of pyridine rings is 1. The molecule has 4 aliphatic heterocycles. The second-order valence-electron chi connectivity index (χ2n) is 13.2. The largest absolute Gasteiger partial charge is 0.508 e. The van der Waals surface area contributed by atoms with Crippen LogP contribution in [-0.4, -0.2) is 85.1 Å². The molecule has 4 fully saturated rings. The number of piperidine rings is 1. The van der Waals surface area contributed by atoms with Gasteiger partial charge >= 0.3 is 12.0 Å². The van der Waals surface area contributed by atoms with Crippen molar-refractivity contribution in [1.29, 1.82) is 0 Å². The van der Waals surface area contributed by atoms with Crippen molar-refractivity contribution in [3.8, 4) is 35.4 Å². The molecule has 244 valence electrons. The number of benzene rings is 2. The fourth-order valence-electron chi connectivity index (χ4n) is 8.51. The SMILES string of the molecule is C#Cc1c(F)ccc2cc(O)cc(-c3ncc4c(N5CCCCC56CCOC6)nc(OC(O)(O)C56CCCN5CCC6)nc4c3F)c12. The van der Waals surface area contributed by atoms with Crippen LogP contribution in [0.4, 0.5) is 14.6 Å². The summed E-state index contributed by atoms with van der Waals surface area (Å²) in [4.78, 5) is 17.8. The van der Waals surface area contributed by atoms with Crippen LogP contribution in [0.25, 0.3) is 32.9 Å². The normalized spacial score (nSPS) is 22.7. The Kier molecular flexibility index (Phi) is 7.04. The predicted octanol–water partition coefficient (Wildman–Crippen LogP) is 4.61. The Labute approximate surface area is 270 Å². The van der Waals surface area contributed by atoms with E-state index in [0.717, 1.165) is 38.5 Å². The number of hydrogen-bond donors (Lipinski definition) is 3. The summed E-state index contributed by atoms with van der Waals surface area (Å²) in [5.41, 5.74) is -1.82. The molecule has 0 bridgehead atoms. The van der Waals surface area contributed by atoms with Crippen LogP contribution < -0.4 is 9.64 Å². The van der Waals surface area contributed by atoms with Gasteiger partial charge in [0.1, 0.15) is 34.1 Å². The minimum Gasteiger partial charge on any atom is -0.508 e. The van der Waals surface area contributed by atoms with Gasteiger partial charge in [0, 0.05) is 30.3 Å². The van der Waals surface area contributed by atoms with Crippen molar-refractivity contribution in [3.63, 3.8) is 0 Å². The summed E-state index contributed by atoms with van der Waals surface area (Å²) in [6.45, 7) is 3.09. The van der Waals surface area contributed by atoms with Crippen molar-refractivity contribution in [2.75, 3.05) is 37.7 Å². The number of aromatic hydroxyl groups is 1. The van der Waals surface area contributed by atoms with E-state index in [2.05, 4.69) is 20.8 Å². The lowest BCUT2D eigenvalue weighted by Gasteiger charge is -2.45. The maximum atomic E-state index is 17.0. The van der Waals surface area contributed by atoms with Crippen LogP contribution in [0.3, 0.4) is 0 Å². The van der Waals surface area contributed by atoms with Gasteiger partial charge in [-0.05, 0) is 88.0 Å². The number of phenolic OH excluding ortho intramolecular Hbond substituents is 1. The number of fused-ring (bicyclic) bond motifs is 3. The van der Waals surface area contributed by atoms with Crippen LogP contribution >= 0.6 is 0 Å². The molecule has 10 nitrogen and oxygen atoms in total. The van der Waals surface area contributed by atoms with Crippen molar-refractivity contribution >= 4 is 27.5 Å². The number of nitrogens with zero attached hydrogens (tertiary/aromatic N) is 5. The van der Waals surface area contributed by atoms with Crippen LogP contribution in [0.2, 0.25) is 0 Å². The molecular weight excluding hydrogens is 608 g/mol. The van der Waals surface area contributed by atoms with E-state index < -0.39 is 29.2 Å². The molecule has 12 heteroatoms. The van der Waals surface area contributed by atoms with E-state index in [1.807, 2.05) is 4.90 Å². The summed E-state index contributed by atoms with van der Waals surface area (Å²) >= 11 is 0. The summed E-state index contributed by atoms with van der Waals surface area (Å²) in [5.74, 6) is -1.68. The lowest BCUT2D eigenvalue weighted by molar-refractivity contribution is -0.349. The zero-order valence-electron chi connectivity index (χ0n) is 25.8. The Morgan fingerprint density at radius 2 is 1.81 bits per heavy atom. The van der Waals surface area contributed by atoms with Crippen molar-refractivity contribution in [2.24, 2.45) is 0 Å². The maximum absolute atomic E-state index is 17.0. The second kappa shape index (κ2) is 11.0. The minimum absolute atomic E-state index is 0.0817. The van der Waals surface area contributed by atoms with Crippen LogP contribution in [0.15, 0.2) is 30.5 Å². The average molecular weight is 644 g/mol. The van der Waals surface area contributed by atoms with Gasteiger partial charge in [-0.15, -0.1) is 6.42 Å². The quantitative estimate of drug-likeness (QED) is 0.210. The molecule has 3 N–H and O–H groups in total. The first kappa shape index (κ1) is 30.2. The number of phenols is 1. The first-order valence-corrected chi connectivity index (χ1v) is 16.2. The first-order chi connectivity index (χ1) is 22.7. The van der Waals surface area contributed by atoms with Crippen molar-refractivity contribution in [2.45, 2.75) is 68.4 Å². The fraction of sp³-hybridized carbons (Fsp3) is 0.457. The highest BCUT2D eigenvalue weighted by molar-refractivity contribution is 6.03. The molecule has 0 radical (unpaired) electrons. The van der Waals surface area contributed by atoms with E-state index in [-0.39, 0.29) is 39.0 Å². The van der Waals surface area contributed by atoms with Crippen LogP contribution in [0.5, 0.6) is 11.8 Å². The molecule has 4 aromatic rings. The number of halogens is 2. The van der Waals surface area contributed by atoms with E-state index in [1.165, 1.54) is 30.5 Å². The number of rotatable bonds is 5. The minimum atomic E-state index is -2.64. The summed E-state index contributed by atoms with van der Waals surface area (Å²) in [6.07, 6.45) is 13.2. The molecule has 0 aliphatic carbocycles. The molecule has 2 aromatic carbocycles. The number of ether oxygens (including phenoxy) is 2. The molecule has 4 saturated heterocycles. The van der Waals surface area contributed by atoms with Crippen molar-refractivity contribution in [1.82, 2.24) is 19.9 Å². The Morgan fingerprint density at radius 3 is 2.55 bits per heavy atom. The van der Waals surface area contributed by atoms with Gasteiger partial charge in [-0.25, -0.2) is 8.78 Å². The molecule has 1 unspecified atom stereocenters. The van der Waals surface area contributed by atoms with E-state index in [4.69, 9.17) is 20.9 Å². The zero-order chi connectivity index (χ0) is 32.6. The van der Waals surface area contributed by atoms with Gasteiger partial charge in [0.2, 0.25) is 0 Å². The maximum Gasteiger partial charge on any atom is 0.343 e. The molecule has 8 rings (SSSR count). The van der Waals surface area contributed by atoms with Crippen LogP contribution in [0, 0.1) is 24.0 Å². The van der Waals surface area contributed by atoms with Crippen LogP contribution in [0.1, 0.15) is 56.9 Å². The second-order valence-corrected chi connectivity index (χ2v) is 13.2. The number of anilines is 1. The molecular formula is C35H35F2N5O5. The summed E-state index contributed by atoms with van der Waals surface area (Å²) in [5, 5.41) is 34.5. The highest BCUT2D eigenvalue weighted by atomic mass is 19.1. The molecule has 0 saturated carbocycles. The molecule has 6 heterocycles. The lowest BCUT2D eigenvalue weighted by Crippen LogP contribution is -2.62. The molecule has 2 aromatic heterocycles. The van der Waals surface area contributed by atoms with Gasteiger partial charge in [-0.1, -0.05) is 12.0 Å². The Balaban J connectivity index is 1.34. The molecule has 1 atom stereocenters. The summed E-state index contributed by atoms with van der Waals surface area (Å²) in [7, 11) is 0. The average Bonchev–Trinajstić information content (AvgIpc) is 3.79. The number of aromatic nitrogens is 3. The van der Waals surface area contributed by atoms with Crippen molar-refractivity contribution < 1.29 is 33.6 Å². The third-order valence-electron chi connectivity index (χ3n) is 10.8. The summed E-state index contributed by atoms with van der Waals surface area (Å²) < 4.78 is 43.6. The van der Waals surface area contributed by atoms with E-state index in [1.54, 1.807) is 0 Å². The Hall–Kier alpha value is -4.15. The molecule has 0 amide bonds. The van der Waals surface area contributed by atoms with E-state index in [9.17, 15) is 19.7 Å². The monoisotopic (exact) mass is 643 g/mol. The first-order valence-electron chi connectivity index (χ1n) is 16.2. The van der Waals surface area contributed by atoms with Crippen molar-refractivity contribution in [3.05, 3.63) is 47.7 Å². The fourth-order valence-corrected chi connectivity index (χ4v) is 8.51. The topological polar surface area (TPSA) is 124 Å². The molecule has 1 spiro atoms. The van der Waals surface area contributed by atoms with E-state index in [0.29, 0.717) is 62.3 Å².